The third kappa shape index (κ3) is 29.5. The zero-order chi connectivity index (χ0) is 20.6. The summed E-state index contributed by atoms with van der Waals surface area (Å²) in [5.41, 5.74) is 1.74. The van der Waals surface area contributed by atoms with Crippen molar-refractivity contribution in [1.29, 1.82) is 0 Å². The Balaban J connectivity index is -0.000000123. The molecule has 0 aromatic heterocycles. The molecule has 0 aliphatic rings. The molecule has 0 saturated heterocycles. The van der Waals surface area contributed by atoms with Crippen molar-refractivity contribution in [2.75, 3.05) is 0 Å². The summed E-state index contributed by atoms with van der Waals surface area (Å²) < 4.78 is 0. The van der Waals surface area contributed by atoms with Gasteiger partial charge in [0.05, 0.1) is 5.97 Å². The molecule has 0 aliphatic carbocycles. The third-order valence-electron chi connectivity index (χ3n) is 2.02. The summed E-state index contributed by atoms with van der Waals surface area (Å²) in [4.78, 5) is 28.7. The van der Waals surface area contributed by atoms with Crippen molar-refractivity contribution < 1.29 is 48.6 Å². The van der Waals surface area contributed by atoms with E-state index in [-0.39, 0.29) is 35.6 Å². The topological polar surface area (TPSA) is 115 Å². The van der Waals surface area contributed by atoms with Crippen molar-refractivity contribution in [3.05, 3.63) is 72.4 Å². The Hall–Kier alpha value is -2.55. The van der Waals surface area contributed by atoms with Crippen LogP contribution < -0.4 is 24.0 Å². The summed E-state index contributed by atoms with van der Waals surface area (Å²) in [5.74, 6) is -3.06. The van der Waals surface area contributed by atoms with E-state index in [1.54, 1.807) is 0 Å². The van der Waals surface area contributed by atoms with E-state index in [4.69, 9.17) is 10.2 Å². The fourth-order valence-electron chi connectivity index (χ4n) is 0.534. The quantitative estimate of drug-likeness (QED) is 0.563. The second-order valence-corrected chi connectivity index (χ2v) is 4.89. The summed E-state index contributed by atoms with van der Waals surface area (Å²) in [7, 11) is 0. The number of aryl methyl sites for hydroxylation is 1. The normalized spacial score (nSPS) is 7.54. The monoisotopic (exact) mass is 356 g/mol. The van der Waals surface area contributed by atoms with E-state index < -0.39 is 17.9 Å². The van der Waals surface area contributed by atoms with Crippen LogP contribution in [0.25, 0.3) is 0 Å². The number of carbonyl (C=O) groups excluding carboxylic acids is 1. The van der Waals surface area contributed by atoms with E-state index >= 15 is 0 Å². The molecule has 0 aliphatic heterocycles. The van der Waals surface area contributed by atoms with Crippen LogP contribution in [0.15, 0.2) is 66.8 Å². The zero-order valence-electron chi connectivity index (χ0n) is 16.0. The maximum absolute atomic E-state index is 9.60. The predicted molar refractivity (Wildman–Crippen MR) is 95.9 cm³/mol. The molecule has 0 radical (unpaired) electrons. The van der Waals surface area contributed by atoms with E-state index in [2.05, 4.69) is 38.8 Å². The molecular formula is C19H25LiO6. The number of carbonyl (C=O) groups is 3. The number of hydrogen-bond acceptors (Lipinski definition) is 4. The molecule has 138 valence electrons. The van der Waals surface area contributed by atoms with Crippen molar-refractivity contribution >= 4 is 17.9 Å². The van der Waals surface area contributed by atoms with Crippen LogP contribution >= 0.6 is 0 Å². The van der Waals surface area contributed by atoms with Gasteiger partial charge >= 0.3 is 30.8 Å². The van der Waals surface area contributed by atoms with Gasteiger partial charge in [-0.2, -0.15) is 0 Å². The summed E-state index contributed by atoms with van der Waals surface area (Å²) in [6.45, 7) is 15.8. The molecule has 0 bridgehead atoms. The minimum atomic E-state index is -1.19. The summed E-state index contributed by atoms with van der Waals surface area (Å²) in [6.07, 6.45) is 0. The first-order valence-electron chi connectivity index (χ1n) is 6.99. The van der Waals surface area contributed by atoms with Crippen LogP contribution in [0.1, 0.15) is 26.3 Å². The number of aliphatic carboxylic acids is 3. The standard InChI is InChI=1S/C7H8.3C4H6O2.Li/c1-7-5-3-2-4-6-7;3*1-3(2)4(5)6;/h2-6H,1H3;3*1H2,2H3,(H,5,6);/q;;;;+1/p-1. The number of benzene rings is 1. The smallest absolute Gasteiger partial charge is 0.545 e. The molecule has 0 amide bonds. The number of carboxylic acid groups (broad SMARTS) is 3. The average molecular weight is 356 g/mol. The number of carboxylic acids is 3. The van der Waals surface area contributed by atoms with Crippen molar-refractivity contribution in [3.63, 3.8) is 0 Å². The molecule has 0 heterocycles. The third-order valence-corrected chi connectivity index (χ3v) is 2.02. The van der Waals surface area contributed by atoms with E-state index in [9.17, 15) is 19.5 Å². The van der Waals surface area contributed by atoms with Gasteiger partial charge in [0.1, 0.15) is 0 Å². The van der Waals surface area contributed by atoms with Crippen LogP contribution in [-0.2, 0) is 14.4 Å². The fraction of sp³-hybridized carbons (Fsp3) is 0.211. The molecule has 0 fully saturated rings. The van der Waals surface area contributed by atoms with Gasteiger partial charge in [-0.3, -0.25) is 0 Å². The van der Waals surface area contributed by atoms with Crippen LogP contribution in [0.4, 0.5) is 0 Å². The van der Waals surface area contributed by atoms with Crippen molar-refractivity contribution in [2.45, 2.75) is 27.7 Å². The van der Waals surface area contributed by atoms with Gasteiger partial charge in [-0.1, -0.05) is 55.6 Å². The van der Waals surface area contributed by atoms with Gasteiger partial charge < -0.3 is 20.1 Å². The second kappa shape index (κ2) is 18.8. The molecule has 6 nitrogen and oxygen atoms in total. The van der Waals surface area contributed by atoms with Crippen LogP contribution in [0.2, 0.25) is 0 Å². The van der Waals surface area contributed by atoms with E-state index in [0.717, 1.165) is 0 Å². The Labute approximate surface area is 166 Å². The molecule has 0 spiro atoms. The Bertz CT molecular complexity index is 513. The van der Waals surface area contributed by atoms with Crippen LogP contribution in [0, 0.1) is 6.92 Å². The van der Waals surface area contributed by atoms with Gasteiger partial charge in [0.25, 0.3) is 0 Å². The van der Waals surface area contributed by atoms with Gasteiger partial charge in [-0.25, -0.2) is 9.59 Å². The van der Waals surface area contributed by atoms with Gasteiger partial charge in [0.2, 0.25) is 0 Å². The largest absolute Gasteiger partial charge is 1.00 e. The maximum atomic E-state index is 9.60. The van der Waals surface area contributed by atoms with E-state index in [1.165, 1.54) is 26.3 Å². The molecule has 0 saturated carbocycles. The molecular weight excluding hydrogens is 331 g/mol. The van der Waals surface area contributed by atoms with Gasteiger partial charge in [0, 0.05) is 11.1 Å². The molecule has 1 aromatic carbocycles. The molecule has 2 N–H and O–H groups in total. The van der Waals surface area contributed by atoms with Gasteiger partial charge in [-0.05, 0) is 33.3 Å². The van der Waals surface area contributed by atoms with Crippen LogP contribution in [-0.4, -0.2) is 28.1 Å². The Morgan fingerprint density at radius 2 is 1.04 bits per heavy atom. The molecule has 7 heteroatoms. The zero-order valence-corrected chi connectivity index (χ0v) is 16.0. The number of hydrogen-bond donors (Lipinski definition) is 2. The first-order chi connectivity index (χ1) is 11.3. The minimum absolute atomic E-state index is 0. The van der Waals surface area contributed by atoms with Gasteiger partial charge in [0.15, 0.2) is 0 Å². The predicted octanol–water partition coefficient (Wildman–Crippen LogP) is -0.394. The van der Waals surface area contributed by atoms with Gasteiger partial charge in [-0.15, -0.1) is 0 Å². The summed E-state index contributed by atoms with van der Waals surface area (Å²) in [5, 5.41) is 25.3. The second-order valence-electron chi connectivity index (χ2n) is 4.89. The van der Waals surface area contributed by atoms with Crippen LogP contribution in [0.3, 0.4) is 0 Å². The number of rotatable bonds is 3. The average Bonchev–Trinajstić information content (AvgIpc) is 2.49. The van der Waals surface area contributed by atoms with E-state index in [1.807, 2.05) is 18.2 Å². The SMILES string of the molecule is C=C(C)C(=O)O.C=C(C)C(=O)O.C=C(C)C(=O)[O-].Cc1ccccc1.[Li+]. The maximum Gasteiger partial charge on any atom is 1.00 e. The molecule has 0 atom stereocenters. The fourth-order valence-corrected chi connectivity index (χ4v) is 0.534. The minimum Gasteiger partial charge on any atom is -0.545 e. The molecule has 26 heavy (non-hydrogen) atoms. The molecule has 1 aromatic rings. The first kappa shape index (κ1) is 31.2. The molecule has 0 unspecified atom stereocenters. The summed E-state index contributed by atoms with van der Waals surface area (Å²) in [6, 6.07) is 10.3. The Morgan fingerprint density at radius 3 is 1.12 bits per heavy atom. The Kier molecular flexibility index (Phi) is 22.6. The summed E-state index contributed by atoms with van der Waals surface area (Å²) >= 11 is 0. The van der Waals surface area contributed by atoms with Crippen molar-refractivity contribution in [3.8, 4) is 0 Å². The first-order valence-corrected chi connectivity index (χ1v) is 6.99. The van der Waals surface area contributed by atoms with E-state index in [0.29, 0.717) is 0 Å². The van der Waals surface area contributed by atoms with Crippen molar-refractivity contribution in [1.82, 2.24) is 0 Å². The van der Waals surface area contributed by atoms with Crippen molar-refractivity contribution in [2.24, 2.45) is 0 Å². The Morgan fingerprint density at radius 1 is 0.808 bits per heavy atom. The van der Waals surface area contributed by atoms with Crippen LogP contribution in [0.5, 0.6) is 0 Å². The molecule has 1 rings (SSSR count).